The van der Waals surface area contributed by atoms with E-state index >= 15 is 0 Å². The molecule has 0 unspecified atom stereocenters. The zero-order chi connectivity index (χ0) is 15.5. The summed E-state index contributed by atoms with van der Waals surface area (Å²) in [4.78, 5) is 13.7. The molecule has 4 nitrogen and oxygen atoms in total. The lowest BCUT2D eigenvalue weighted by atomic mass is 9.99. The molecule has 0 bridgehead atoms. The number of piperidine rings is 1. The predicted molar refractivity (Wildman–Crippen MR) is 93.7 cm³/mol. The summed E-state index contributed by atoms with van der Waals surface area (Å²) in [5.74, 6) is 0.118. The van der Waals surface area contributed by atoms with Crippen LogP contribution in [0.4, 0.5) is 0 Å². The minimum atomic E-state index is 0.118. The van der Waals surface area contributed by atoms with Crippen molar-refractivity contribution < 1.29 is 4.79 Å². The van der Waals surface area contributed by atoms with Gasteiger partial charge in [0.25, 0.3) is 0 Å². The summed E-state index contributed by atoms with van der Waals surface area (Å²) >= 11 is 3.89. The van der Waals surface area contributed by atoms with Crippen molar-refractivity contribution >= 4 is 29.0 Å². The fourth-order valence-electron chi connectivity index (χ4n) is 3.33. The van der Waals surface area contributed by atoms with E-state index in [1.54, 1.807) is 7.05 Å². The molecule has 122 valence electrons. The number of nitrogens with one attached hydrogen (secondary N) is 2. The highest BCUT2D eigenvalue weighted by Crippen LogP contribution is 2.44. The third-order valence-corrected chi connectivity index (χ3v) is 6.92. The lowest BCUT2D eigenvalue weighted by molar-refractivity contribution is -0.122. The molecule has 0 aromatic carbocycles. The van der Waals surface area contributed by atoms with Crippen LogP contribution in [0, 0.1) is 0 Å². The zero-order valence-electron chi connectivity index (χ0n) is 13.3. The normalized spacial score (nSPS) is 26.6. The molecule has 2 aliphatic heterocycles. The number of hydrogen-bond acceptors (Lipinski definition) is 5. The molecule has 1 fully saturated rings. The smallest absolute Gasteiger partial charge is 0.233 e. The highest BCUT2D eigenvalue weighted by atomic mass is 32.2. The first kappa shape index (κ1) is 16.3. The van der Waals surface area contributed by atoms with Gasteiger partial charge in [-0.3, -0.25) is 9.69 Å². The van der Waals surface area contributed by atoms with Crippen LogP contribution < -0.4 is 10.6 Å². The van der Waals surface area contributed by atoms with E-state index < -0.39 is 0 Å². The van der Waals surface area contributed by atoms with Crippen molar-refractivity contribution in [1.29, 1.82) is 0 Å². The maximum absolute atomic E-state index is 11.5. The molecule has 3 heterocycles. The summed E-state index contributed by atoms with van der Waals surface area (Å²) in [7, 11) is 1.71. The second-order valence-corrected chi connectivity index (χ2v) is 8.89. The van der Waals surface area contributed by atoms with Crippen molar-refractivity contribution in [1.82, 2.24) is 15.5 Å². The average molecular weight is 340 g/mol. The van der Waals surface area contributed by atoms with Gasteiger partial charge in [0.15, 0.2) is 0 Å². The Balaban J connectivity index is 1.52. The summed E-state index contributed by atoms with van der Waals surface area (Å²) in [5.41, 5.74) is 1.50. The third kappa shape index (κ3) is 3.85. The molecule has 0 radical (unpaired) electrons. The van der Waals surface area contributed by atoms with Gasteiger partial charge in [0.1, 0.15) is 0 Å². The molecule has 0 saturated carbocycles. The number of amides is 1. The van der Waals surface area contributed by atoms with E-state index in [0.717, 1.165) is 25.9 Å². The molecule has 1 amide bonds. The fourth-order valence-corrected chi connectivity index (χ4v) is 5.90. The summed E-state index contributed by atoms with van der Waals surface area (Å²) in [5, 5.41) is 9.50. The van der Waals surface area contributed by atoms with E-state index in [-0.39, 0.29) is 5.91 Å². The van der Waals surface area contributed by atoms with E-state index in [4.69, 9.17) is 0 Å². The first-order chi connectivity index (χ1) is 10.7. The first-order valence-electron chi connectivity index (χ1n) is 8.08. The molecule has 0 spiro atoms. The molecular formula is C16H25N3OS2. The summed E-state index contributed by atoms with van der Waals surface area (Å²) in [6.07, 6.45) is 3.48. The predicted octanol–water partition coefficient (Wildman–Crippen LogP) is 2.47. The van der Waals surface area contributed by atoms with Gasteiger partial charge in [-0.2, -0.15) is 0 Å². The fraction of sp³-hybridized carbons (Fsp3) is 0.688. The Morgan fingerprint density at radius 3 is 2.91 bits per heavy atom. The number of rotatable bonds is 4. The Morgan fingerprint density at radius 1 is 1.41 bits per heavy atom. The topological polar surface area (TPSA) is 44.4 Å². The van der Waals surface area contributed by atoms with Crippen molar-refractivity contribution in [3.63, 3.8) is 0 Å². The van der Waals surface area contributed by atoms with Crippen molar-refractivity contribution in [2.75, 3.05) is 26.7 Å². The lowest BCUT2D eigenvalue weighted by Gasteiger charge is -2.36. The van der Waals surface area contributed by atoms with Crippen LogP contribution in [-0.4, -0.2) is 48.8 Å². The van der Waals surface area contributed by atoms with Gasteiger partial charge in [0.2, 0.25) is 5.91 Å². The molecule has 3 rings (SSSR count). The quantitative estimate of drug-likeness (QED) is 0.884. The zero-order valence-corrected chi connectivity index (χ0v) is 14.9. The van der Waals surface area contributed by atoms with Crippen LogP contribution in [0.25, 0.3) is 0 Å². The van der Waals surface area contributed by atoms with Crippen LogP contribution in [0.15, 0.2) is 15.7 Å². The third-order valence-electron chi connectivity index (χ3n) is 4.58. The van der Waals surface area contributed by atoms with Gasteiger partial charge >= 0.3 is 0 Å². The van der Waals surface area contributed by atoms with E-state index in [1.165, 1.54) is 16.2 Å². The van der Waals surface area contributed by atoms with Gasteiger partial charge in [0, 0.05) is 37.5 Å². The number of likely N-dealkylation sites (tertiary alicyclic amines) is 1. The Hall–Kier alpha value is -0.560. The van der Waals surface area contributed by atoms with Crippen molar-refractivity contribution in [2.45, 2.75) is 47.7 Å². The molecule has 2 N–H and O–H groups in total. The Kier molecular flexibility index (Phi) is 5.44. The lowest BCUT2D eigenvalue weighted by Crippen LogP contribution is -2.46. The number of thioether (sulfide) groups is 1. The van der Waals surface area contributed by atoms with Gasteiger partial charge in [-0.05, 0) is 36.3 Å². The maximum Gasteiger partial charge on any atom is 0.233 e. The summed E-state index contributed by atoms with van der Waals surface area (Å²) in [6.45, 7) is 4.89. The monoisotopic (exact) mass is 339 g/mol. The van der Waals surface area contributed by atoms with Crippen LogP contribution in [-0.2, 0) is 4.79 Å². The average Bonchev–Trinajstić information content (AvgIpc) is 2.97. The standard InChI is InChI=1S/C16H25N3OS2/c1-11-9-14(13-5-8-21-16(13)22-11)18-12-3-6-19(7-4-12)10-15(20)17-2/h5,8,11-12,14,18H,3-4,6-7,9-10H2,1-2H3,(H,17,20)/t11-,14-/m0/s1. The highest BCUT2D eigenvalue weighted by Gasteiger charge is 2.29. The maximum atomic E-state index is 11.5. The first-order valence-corrected chi connectivity index (χ1v) is 9.84. The van der Waals surface area contributed by atoms with Crippen LogP contribution in [0.3, 0.4) is 0 Å². The number of fused-ring (bicyclic) bond motifs is 1. The second-order valence-electron chi connectivity index (χ2n) is 6.27. The van der Waals surface area contributed by atoms with Crippen LogP contribution in [0.5, 0.6) is 0 Å². The largest absolute Gasteiger partial charge is 0.358 e. The number of carbonyl (C=O) groups is 1. The molecule has 2 atom stereocenters. The number of carbonyl (C=O) groups excluding carboxylic acids is 1. The molecular weight excluding hydrogens is 314 g/mol. The van der Waals surface area contributed by atoms with Crippen LogP contribution in [0.2, 0.25) is 0 Å². The number of likely N-dealkylation sites (N-methyl/N-ethyl adjacent to an activating group) is 1. The molecule has 1 aromatic rings. The molecule has 2 aliphatic rings. The minimum Gasteiger partial charge on any atom is -0.358 e. The molecule has 22 heavy (non-hydrogen) atoms. The highest BCUT2D eigenvalue weighted by molar-refractivity contribution is 8.01. The van der Waals surface area contributed by atoms with E-state index in [2.05, 4.69) is 33.9 Å². The van der Waals surface area contributed by atoms with E-state index in [1.807, 2.05) is 23.1 Å². The van der Waals surface area contributed by atoms with Crippen LogP contribution >= 0.6 is 23.1 Å². The molecule has 6 heteroatoms. The van der Waals surface area contributed by atoms with E-state index in [9.17, 15) is 4.79 Å². The number of hydrogen-bond donors (Lipinski definition) is 2. The van der Waals surface area contributed by atoms with Crippen molar-refractivity contribution in [2.24, 2.45) is 0 Å². The van der Waals surface area contributed by atoms with Gasteiger partial charge in [-0.1, -0.05) is 6.92 Å². The van der Waals surface area contributed by atoms with Gasteiger partial charge in [0.05, 0.1) is 10.8 Å². The Bertz CT molecular complexity index is 511. The van der Waals surface area contributed by atoms with Gasteiger partial charge in [-0.25, -0.2) is 0 Å². The second kappa shape index (κ2) is 7.34. The van der Waals surface area contributed by atoms with Crippen molar-refractivity contribution in [3.8, 4) is 0 Å². The molecule has 1 saturated heterocycles. The van der Waals surface area contributed by atoms with E-state index in [0.29, 0.717) is 23.9 Å². The summed E-state index contributed by atoms with van der Waals surface area (Å²) in [6, 6.07) is 3.37. The number of thiophene rings is 1. The number of nitrogens with zero attached hydrogens (tertiary/aromatic N) is 1. The SMILES string of the molecule is CNC(=O)CN1CCC(N[C@H]2C[C@H](C)Sc3sccc32)CC1. The Labute approximate surface area is 141 Å². The van der Waals surface area contributed by atoms with Gasteiger partial charge in [-0.15, -0.1) is 23.1 Å². The summed E-state index contributed by atoms with van der Waals surface area (Å²) < 4.78 is 1.49. The van der Waals surface area contributed by atoms with Crippen molar-refractivity contribution in [3.05, 3.63) is 17.0 Å². The minimum absolute atomic E-state index is 0.118. The Morgan fingerprint density at radius 2 is 2.18 bits per heavy atom. The van der Waals surface area contributed by atoms with Gasteiger partial charge < -0.3 is 10.6 Å². The van der Waals surface area contributed by atoms with Crippen LogP contribution in [0.1, 0.15) is 37.8 Å². The molecule has 0 aliphatic carbocycles. The molecule has 1 aromatic heterocycles.